The Labute approximate surface area is 167 Å². The van der Waals surface area contributed by atoms with Gasteiger partial charge in [0.05, 0.1) is 30.6 Å². The van der Waals surface area contributed by atoms with Gasteiger partial charge in [-0.15, -0.1) is 11.3 Å². The zero-order chi connectivity index (χ0) is 19.6. The molecule has 3 rings (SSSR count). The molecule has 0 spiro atoms. The summed E-state index contributed by atoms with van der Waals surface area (Å²) in [6.45, 7) is 2.57. The Balaban J connectivity index is 1.47. The number of esters is 1. The molecule has 28 heavy (non-hydrogen) atoms. The van der Waals surface area contributed by atoms with Crippen molar-refractivity contribution in [1.82, 2.24) is 9.97 Å². The molecule has 3 aromatic rings. The lowest BCUT2D eigenvalue weighted by Crippen LogP contribution is -2.07. The molecule has 7 nitrogen and oxygen atoms in total. The molecule has 1 aromatic carbocycles. The van der Waals surface area contributed by atoms with Gasteiger partial charge in [0.2, 0.25) is 5.13 Å². The first-order chi connectivity index (χ1) is 13.7. The molecule has 0 amide bonds. The Kier molecular flexibility index (Phi) is 7.08. The first kappa shape index (κ1) is 19.5. The van der Waals surface area contributed by atoms with Crippen molar-refractivity contribution in [2.75, 3.05) is 12.0 Å². The number of ether oxygens (including phenoxy) is 2. The second kappa shape index (κ2) is 10.2. The summed E-state index contributed by atoms with van der Waals surface area (Å²) in [7, 11) is 0. The molecule has 0 unspecified atom stereocenters. The minimum absolute atomic E-state index is 0.162. The van der Waals surface area contributed by atoms with E-state index < -0.39 is 0 Å². The lowest BCUT2D eigenvalue weighted by Gasteiger charge is -2.05. The first-order valence-electron chi connectivity index (χ1n) is 8.75. The molecular formula is C20H20N4O3S. The second-order valence-electron chi connectivity index (χ2n) is 5.67. The summed E-state index contributed by atoms with van der Waals surface area (Å²) >= 11 is 1.38. The number of aromatic nitrogens is 2. The highest BCUT2D eigenvalue weighted by atomic mass is 32.1. The Morgan fingerprint density at radius 2 is 2.07 bits per heavy atom. The number of nitrogens with zero attached hydrogens (tertiary/aromatic N) is 3. The van der Waals surface area contributed by atoms with Crippen LogP contribution in [-0.4, -0.2) is 28.8 Å². The van der Waals surface area contributed by atoms with Gasteiger partial charge in [0.1, 0.15) is 12.4 Å². The molecule has 0 saturated heterocycles. The fraction of sp³-hybridized carbons (Fsp3) is 0.200. The van der Waals surface area contributed by atoms with E-state index >= 15 is 0 Å². The van der Waals surface area contributed by atoms with E-state index in [-0.39, 0.29) is 12.4 Å². The van der Waals surface area contributed by atoms with Crippen molar-refractivity contribution in [3.8, 4) is 5.75 Å². The number of thiazole rings is 1. The van der Waals surface area contributed by atoms with E-state index in [1.807, 2.05) is 47.8 Å². The third kappa shape index (κ3) is 6.17. The van der Waals surface area contributed by atoms with Crippen molar-refractivity contribution in [1.29, 1.82) is 0 Å². The van der Waals surface area contributed by atoms with Crippen LogP contribution in [0.1, 0.15) is 23.9 Å². The Morgan fingerprint density at radius 1 is 1.21 bits per heavy atom. The van der Waals surface area contributed by atoms with Crippen molar-refractivity contribution >= 4 is 28.7 Å². The summed E-state index contributed by atoms with van der Waals surface area (Å²) in [6.07, 6.45) is 3.60. The van der Waals surface area contributed by atoms with Crippen molar-refractivity contribution in [3.63, 3.8) is 0 Å². The van der Waals surface area contributed by atoms with Gasteiger partial charge in [0, 0.05) is 11.6 Å². The lowest BCUT2D eigenvalue weighted by atomic mass is 10.2. The van der Waals surface area contributed by atoms with Crippen LogP contribution in [-0.2, 0) is 22.6 Å². The number of rotatable bonds is 9. The number of benzene rings is 1. The lowest BCUT2D eigenvalue weighted by molar-refractivity contribution is -0.142. The Bertz CT molecular complexity index is 911. The predicted molar refractivity (Wildman–Crippen MR) is 109 cm³/mol. The van der Waals surface area contributed by atoms with Crippen LogP contribution in [0, 0.1) is 0 Å². The molecule has 1 N–H and O–H groups in total. The number of carbonyl (C=O) groups excluding carboxylic acids is 1. The highest BCUT2D eigenvalue weighted by Gasteiger charge is 2.07. The fourth-order valence-electron chi connectivity index (χ4n) is 2.25. The second-order valence-corrected chi connectivity index (χ2v) is 6.53. The van der Waals surface area contributed by atoms with Crippen molar-refractivity contribution in [2.24, 2.45) is 5.10 Å². The minimum atomic E-state index is -0.284. The third-order valence-electron chi connectivity index (χ3n) is 3.55. The molecule has 144 valence electrons. The molecule has 0 aliphatic heterocycles. The van der Waals surface area contributed by atoms with Crippen LogP contribution in [0.2, 0.25) is 0 Å². The normalized spacial score (nSPS) is 10.8. The van der Waals surface area contributed by atoms with Gasteiger partial charge in [0.15, 0.2) is 0 Å². The van der Waals surface area contributed by atoms with Gasteiger partial charge >= 0.3 is 5.97 Å². The van der Waals surface area contributed by atoms with Gasteiger partial charge in [0.25, 0.3) is 0 Å². The van der Waals surface area contributed by atoms with Gasteiger partial charge in [-0.2, -0.15) is 5.10 Å². The SMILES string of the molecule is CCOC(=O)Cc1csc(NN=Cc2ccc(OCc3ccccn3)cc2)n1. The van der Waals surface area contributed by atoms with Gasteiger partial charge in [-0.1, -0.05) is 6.07 Å². The predicted octanol–water partition coefficient (Wildman–Crippen LogP) is 3.67. The molecule has 0 bridgehead atoms. The van der Waals surface area contributed by atoms with E-state index in [1.165, 1.54) is 11.3 Å². The van der Waals surface area contributed by atoms with E-state index in [9.17, 15) is 4.79 Å². The van der Waals surface area contributed by atoms with Gasteiger partial charge in [-0.05, 0) is 48.9 Å². The van der Waals surface area contributed by atoms with Crippen molar-refractivity contribution in [3.05, 3.63) is 71.0 Å². The van der Waals surface area contributed by atoms with Crippen molar-refractivity contribution < 1.29 is 14.3 Å². The van der Waals surface area contributed by atoms with E-state index in [2.05, 4.69) is 20.5 Å². The minimum Gasteiger partial charge on any atom is -0.487 e. The topological polar surface area (TPSA) is 85.7 Å². The Hall–Kier alpha value is -3.26. The first-order valence-corrected chi connectivity index (χ1v) is 9.63. The Morgan fingerprint density at radius 3 is 2.82 bits per heavy atom. The maximum atomic E-state index is 11.5. The maximum absolute atomic E-state index is 11.5. The summed E-state index contributed by atoms with van der Waals surface area (Å²) < 4.78 is 10.6. The monoisotopic (exact) mass is 396 g/mol. The van der Waals surface area contributed by atoms with E-state index in [1.54, 1.807) is 19.3 Å². The molecule has 2 aromatic heterocycles. The van der Waals surface area contributed by atoms with Crippen LogP contribution >= 0.6 is 11.3 Å². The van der Waals surface area contributed by atoms with Crippen LogP contribution in [0.4, 0.5) is 5.13 Å². The summed E-state index contributed by atoms with van der Waals surface area (Å²) in [5, 5.41) is 6.59. The highest BCUT2D eigenvalue weighted by molar-refractivity contribution is 7.13. The molecule has 8 heteroatoms. The van der Waals surface area contributed by atoms with Crippen LogP contribution in [0.25, 0.3) is 0 Å². The molecule has 0 radical (unpaired) electrons. The summed E-state index contributed by atoms with van der Waals surface area (Å²) in [5.41, 5.74) is 5.32. The molecule has 0 aliphatic carbocycles. The number of anilines is 1. The standard InChI is InChI=1S/C20H20N4O3S/c1-2-26-19(25)11-17-14-28-20(23-17)24-22-12-15-6-8-18(9-7-15)27-13-16-5-3-4-10-21-16/h3-10,12,14H,2,11,13H2,1H3,(H,23,24). The molecule has 0 fully saturated rings. The zero-order valence-electron chi connectivity index (χ0n) is 15.4. The number of hydrogen-bond donors (Lipinski definition) is 1. The van der Waals surface area contributed by atoms with Gasteiger partial charge in [-0.3, -0.25) is 15.2 Å². The smallest absolute Gasteiger partial charge is 0.311 e. The van der Waals surface area contributed by atoms with Crippen molar-refractivity contribution in [2.45, 2.75) is 20.0 Å². The number of nitrogens with one attached hydrogen (secondary N) is 1. The average molecular weight is 396 g/mol. The third-order valence-corrected chi connectivity index (χ3v) is 4.35. The number of carbonyl (C=O) groups is 1. The van der Waals surface area contributed by atoms with E-state index in [4.69, 9.17) is 9.47 Å². The summed E-state index contributed by atoms with van der Waals surface area (Å²) in [5.74, 6) is 0.479. The van der Waals surface area contributed by atoms with Gasteiger partial charge < -0.3 is 9.47 Å². The van der Waals surface area contributed by atoms with Crippen LogP contribution in [0.15, 0.2) is 59.1 Å². The summed E-state index contributed by atoms with van der Waals surface area (Å²) in [6, 6.07) is 13.3. The zero-order valence-corrected chi connectivity index (χ0v) is 16.2. The van der Waals surface area contributed by atoms with E-state index in [0.717, 1.165) is 17.0 Å². The van der Waals surface area contributed by atoms with Crippen LogP contribution in [0.3, 0.4) is 0 Å². The van der Waals surface area contributed by atoms with Crippen LogP contribution < -0.4 is 10.2 Å². The van der Waals surface area contributed by atoms with Gasteiger partial charge in [-0.25, -0.2) is 4.98 Å². The van der Waals surface area contributed by atoms with E-state index in [0.29, 0.717) is 24.0 Å². The summed E-state index contributed by atoms with van der Waals surface area (Å²) in [4.78, 5) is 20.0. The molecule has 0 atom stereocenters. The number of pyridine rings is 1. The fourth-order valence-corrected chi connectivity index (χ4v) is 2.91. The average Bonchev–Trinajstić information content (AvgIpc) is 3.15. The number of hydrazone groups is 1. The quantitative estimate of drug-likeness (QED) is 0.337. The highest BCUT2D eigenvalue weighted by Crippen LogP contribution is 2.16. The molecule has 0 aliphatic rings. The largest absolute Gasteiger partial charge is 0.487 e. The maximum Gasteiger partial charge on any atom is 0.311 e. The molecular weight excluding hydrogens is 376 g/mol. The number of hydrogen-bond acceptors (Lipinski definition) is 8. The van der Waals surface area contributed by atoms with Crippen LogP contribution in [0.5, 0.6) is 5.75 Å². The molecule has 2 heterocycles. The molecule has 0 saturated carbocycles.